The number of amides is 1. The van der Waals surface area contributed by atoms with Crippen LogP contribution in [0.15, 0.2) is 35.9 Å². The lowest BCUT2D eigenvalue weighted by atomic mass is 10.0. The Balaban J connectivity index is 2.29. The molecule has 1 aliphatic rings. The molecule has 0 aliphatic carbocycles. The van der Waals surface area contributed by atoms with E-state index in [0.717, 1.165) is 12.0 Å². The molecule has 0 atom stereocenters. The van der Waals surface area contributed by atoms with E-state index in [9.17, 15) is 9.59 Å². The van der Waals surface area contributed by atoms with Gasteiger partial charge in [-0.25, -0.2) is 4.79 Å². The number of carbonyl (C=O) groups is 2. The van der Waals surface area contributed by atoms with Gasteiger partial charge in [0.05, 0.1) is 11.1 Å². The Kier molecular flexibility index (Phi) is 3.46. The average Bonchev–Trinajstić information content (AvgIpc) is 2.38. The molecule has 2 rings (SSSR count). The summed E-state index contributed by atoms with van der Waals surface area (Å²) in [5, 5.41) is 9.08. The number of carboxylic acid groups (broad SMARTS) is 1. The van der Waals surface area contributed by atoms with Crippen LogP contribution in [-0.2, 0) is 0 Å². The Morgan fingerprint density at radius 1 is 1.22 bits per heavy atom. The minimum absolute atomic E-state index is 0.0645. The first-order chi connectivity index (χ1) is 8.59. The standard InChI is InChI=1S/C14H15NO3/c1-10-5-4-8-15(9-10)13(16)11-6-2-3-7-12(11)14(17)18/h2-3,5-7H,4,8-9H2,1H3,(H,17,18). The number of carbonyl (C=O) groups excluding carboxylic acids is 1. The fourth-order valence-corrected chi connectivity index (χ4v) is 2.11. The third-order valence-corrected chi connectivity index (χ3v) is 3.01. The second kappa shape index (κ2) is 5.04. The summed E-state index contributed by atoms with van der Waals surface area (Å²) >= 11 is 0. The van der Waals surface area contributed by atoms with Gasteiger partial charge in [-0.3, -0.25) is 4.79 Å². The summed E-state index contributed by atoms with van der Waals surface area (Å²) in [5.41, 5.74) is 1.47. The highest BCUT2D eigenvalue weighted by Crippen LogP contribution is 2.16. The summed E-state index contributed by atoms with van der Waals surface area (Å²) in [6.45, 7) is 3.19. The summed E-state index contributed by atoms with van der Waals surface area (Å²) in [5.74, 6) is -1.27. The summed E-state index contributed by atoms with van der Waals surface area (Å²) in [7, 11) is 0. The lowest BCUT2D eigenvalue weighted by Crippen LogP contribution is -2.36. The molecular weight excluding hydrogens is 230 g/mol. The zero-order valence-electron chi connectivity index (χ0n) is 10.2. The fraction of sp³-hybridized carbons (Fsp3) is 0.286. The topological polar surface area (TPSA) is 57.6 Å². The van der Waals surface area contributed by atoms with Gasteiger partial charge in [0.25, 0.3) is 5.91 Å². The van der Waals surface area contributed by atoms with E-state index < -0.39 is 5.97 Å². The van der Waals surface area contributed by atoms with Gasteiger partial charge in [-0.05, 0) is 25.5 Å². The first kappa shape index (κ1) is 12.4. The van der Waals surface area contributed by atoms with Gasteiger partial charge in [-0.2, -0.15) is 0 Å². The third kappa shape index (κ3) is 2.42. The predicted octanol–water partition coefficient (Wildman–Crippen LogP) is 2.18. The fourth-order valence-electron chi connectivity index (χ4n) is 2.11. The quantitative estimate of drug-likeness (QED) is 0.812. The van der Waals surface area contributed by atoms with Crippen LogP contribution in [0.25, 0.3) is 0 Å². The van der Waals surface area contributed by atoms with Gasteiger partial charge < -0.3 is 10.0 Å². The number of carboxylic acids is 1. The van der Waals surface area contributed by atoms with Crippen molar-refractivity contribution in [1.82, 2.24) is 4.90 Å². The molecule has 0 spiro atoms. The SMILES string of the molecule is CC1=CCCN(C(=O)c2ccccc2C(=O)O)C1. The maximum Gasteiger partial charge on any atom is 0.336 e. The molecule has 0 radical (unpaired) electrons. The van der Waals surface area contributed by atoms with Crippen LogP contribution in [0.1, 0.15) is 34.1 Å². The van der Waals surface area contributed by atoms with Gasteiger partial charge in [0, 0.05) is 13.1 Å². The minimum Gasteiger partial charge on any atom is -0.478 e. The molecule has 1 heterocycles. The molecule has 0 saturated carbocycles. The van der Waals surface area contributed by atoms with Gasteiger partial charge in [0.1, 0.15) is 0 Å². The first-order valence-corrected chi connectivity index (χ1v) is 5.87. The number of hydrogen-bond acceptors (Lipinski definition) is 2. The molecule has 18 heavy (non-hydrogen) atoms. The van der Waals surface area contributed by atoms with Crippen molar-refractivity contribution in [3.8, 4) is 0 Å². The van der Waals surface area contributed by atoms with Gasteiger partial charge in [-0.15, -0.1) is 0 Å². The lowest BCUT2D eigenvalue weighted by molar-refractivity contribution is 0.0677. The third-order valence-electron chi connectivity index (χ3n) is 3.01. The Hall–Kier alpha value is -2.10. The van der Waals surface area contributed by atoms with Crippen molar-refractivity contribution >= 4 is 11.9 Å². The van der Waals surface area contributed by atoms with Crippen LogP contribution >= 0.6 is 0 Å². The normalized spacial score (nSPS) is 15.2. The summed E-state index contributed by atoms with van der Waals surface area (Å²) in [4.78, 5) is 25.1. The van der Waals surface area contributed by atoms with Crippen molar-refractivity contribution in [2.75, 3.05) is 13.1 Å². The van der Waals surface area contributed by atoms with Gasteiger partial charge in [0.2, 0.25) is 0 Å². The Labute approximate surface area is 106 Å². The molecule has 0 aromatic heterocycles. The number of nitrogens with zero attached hydrogens (tertiary/aromatic N) is 1. The summed E-state index contributed by atoms with van der Waals surface area (Å²) < 4.78 is 0. The number of hydrogen-bond donors (Lipinski definition) is 1. The second-order valence-electron chi connectivity index (χ2n) is 4.42. The van der Waals surface area contributed by atoms with Crippen molar-refractivity contribution in [1.29, 1.82) is 0 Å². The molecule has 4 heteroatoms. The van der Waals surface area contributed by atoms with Crippen LogP contribution in [0, 0.1) is 0 Å². The molecule has 4 nitrogen and oxygen atoms in total. The monoisotopic (exact) mass is 245 g/mol. The molecule has 0 bridgehead atoms. The highest BCUT2D eigenvalue weighted by molar-refractivity contribution is 6.04. The molecule has 1 amide bonds. The van der Waals surface area contributed by atoms with Crippen molar-refractivity contribution in [2.24, 2.45) is 0 Å². The minimum atomic E-state index is -1.07. The van der Waals surface area contributed by atoms with Gasteiger partial charge in [0.15, 0.2) is 0 Å². The first-order valence-electron chi connectivity index (χ1n) is 5.87. The maximum absolute atomic E-state index is 12.3. The average molecular weight is 245 g/mol. The van der Waals surface area contributed by atoms with Crippen LogP contribution in [0.4, 0.5) is 0 Å². The highest BCUT2D eigenvalue weighted by atomic mass is 16.4. The predicted molar refractivity (Wildman–Crippen MR) is 67.7 cm³/mol. The zero-order valence-corrected chi connectivity index (χ0v) is 10.2. The molecule has 0 fully saturated rings. The number of benzene rings is 1. The van der Waals surface area contributed by atoms with Crippen LogP contribution in [0.3, 0.4) is 0 Å². The molecule has 1 N–H and O–H groups in total. The van der Waals surface area contributed by atoms with Crippen molar-refractivity contribution in [3.63, 3.8) is 0 Å². The molecule has 1 aromatic carbocycles. The molecule has 0 saturated heterocycles. The zero-order chi connectivity index (χ0) is 13.1. The van der Waals surface area contributed by atoms with E-state index in [-0.39, 0.29) is 17.0 Å². The molecule has 1 aliphatic heterocycles. The van der Waals surface area contributed by atoms with E-state index in [1.807, 2.05) is 6.92 Å². The smallest absolute Gasteiger partial charge is 0.336 e. The van der Waals surface area contributed by atoms with E-state index in [4.69, 9.17) is 5.11 Å². The highest BCUT2D eigenvalue weighted by Gasteiger charge is 2.22. The Bertz CT molecular complexity index is 520. The van der Waals surface area contributed by atoms with E-state index in [2.05, 4.69) is 6.08 Å². The summed E-state index contributed by atoms with van der Waals surface area (Å²) in [6.07, 6.45) is 2.93. The van der Waals surface area contributed by atoms with E-state index in [1.54, 1.807) is 23.1 Å². The van der Waals surface area contributed by atoms with Gasteiger partial charge >= 0.3 is 5.97 Å². The van der Waals surface area contributed by atoms with Crippen LogP contribution in [0.2, 0.25) is 0 Å². The molecule has 0 unspecified atom stereocenters. The van der Waals surface area contributed by atoms with Gasteiger partial charge in [-0.1, -0.05) is 23.8 Å². The molecular formula is C14H15NO3. The lowest BCUT2D eigenvalue weighted by Gasteiger charge is -2.26. The largest absolute Gasteiger partial charge is 0.478 e. The Morgan fingerprint density at radius 3 is 2.50 bits per heavy atom. The van der Waals surface area contributed by atoms with Crippen molar-refractivity contribution < 1.29 is 14.7 Å². The number of rotatable bonds is 2. The van der Waals surface area contributed by atoms with E-state index >= 15 is 0 Å². The Morgan fingerprint density at radius 2 is 1.89 bits per heavy atom. The maximum atomic E-state index is 12.3. The number of aromatic carboxylic acids is 1. The molecule has 1 aromatic rings. The van der Waals surface area contributed by atoms with E-state index in [0.29, 0.717) is 13.1 Å². The molecule has 94 valence electrons. The van der Waals surface area contributed by atoms with Crippen LogP contribution in [-0.4, -0.2) is 35.0 Å². The van der Waals surface area contributed by atoms with Crippen LogP contribution < -0.4 is 0 Å². The van der Waals surface area contributed by atoms with E-state index in [1.165, 1.54) is 6.07 Å². The second-order valence-corrected chi connectivity index (χ2v) is 4.42. The van der Waals surface area contributed by atoms with Crippen LogP contribution in [0.5, 0.6) is 0 Å². The van der Waals surface area contributed by atoms with Crippen molar-refractivity contribution in [3.05, 3.63) is 47.0 Å². The summed E-state index contributed by atoms with van der Waals surface area (Å²) in [6, 6.07) is 6.34. The van der Waals surface area contributed by atoms with Crippen molar-refractivity contribution in [2.45, 2.75) is 13.3 Å².